The Morgan fingerprint density at radius 2 is 1.77 bits per heavy atom. The predicted molar refractivity (Wildman–Crippen MR) is 106 cm³/mol. The van der Waals surface area contributed by atoms with Crippen LogP contribution in [-0.4, -0.2) is 37.7 Å². The first-order valence-electron chi connectivity index (χ1n) is 8.76. The van der Waals surface area contributed by atoms with Crippen molar-refractivity contribution in [1.29, 1.82) is 0 Å². The fourth-order valence-corrected chi connectivity index (χ4v) is 2.42. The largest absolute Gasteiger partial charge is 0.390 e. The van der Waals surface area contributed by atoms with E-state index in [1.165, 1.54) is 6.08 Å². The molecule has 2 aromatic rings. The number of aliphatic hydroxyl groups excluding tert-OH is 1. The SMILES string of the molecule is C[C@@H](C(=O)/C=C/c1ccc(N(C)C)cc1)[C@@H](O)COCc1ccccc1. The summed E-state index contributed by atoms with van der Waals surface area (Å²) in [6.45, 7) is 2.28. The van der Waals surface area contributed by atoms with E-state index in [2.05, 4.69) is 0 Å². The van der Waals surface area contributed by atoms with Crippen molar-refractivity contribution in [3.63, 3.8) is 0 Å². The first-order valence-corrected chi connectivity index (χ1v) is 8.76. The zero-order valence-corrected chi connectivity index (χ0v) is 15.6. The molecule has 4 nitrogen and oxygen atoms in total. The Bertz CT molecular complexity index is 708. The highest BCUT2D eigenvalue weighted by atomic mass is 16.5. The second kappa shape index (κ2) is 9.90. The molecule has 0 spiro atoms. The van der Waals surface area contributed by atoms with Gasteiger partial charge in [-0.05, 0) is 29.3 Å². The van der Waals surface area contributed by atoms with Gasteiger partial charge in [0.15, 0.2) is 5.78 Å². The minimum absolute atomic E-state index is 0.113. The average molecular weight is 353 g/mol. The van der Waals surface area contributed by atoms with E-state index in [4.69, 9.17) is 4.74 Å². The van der Waals surface area contributed by atoms with Gasteiger partial charge in [-0.25, -0.2) is 0 Å². The lowest BCUT2D eigenvalue weighted by molar-refractivity contribution is -0.122. The van der Waals surface area contributed by atoms with E-state index in [0.717, 1.165) is 16.8 Å². The molecule has 0 saturated heterocycles. The molecule has 0 unspecified atom stereocenters. The number of carbonyl (C=O) groups excluding carboxylic acids is 1. The molecule has 0 radical (unpaired) electrons. The van der Waals surface area contributed by atoms with E-state index >= 15 is 0 Å². The van der Waals surface area contributed by atoms with Gasteiger partial charge in [-0.15, -0.1) is 0 Å². The number of ketones is 1. The summed E-state index contributed by atoms with van der Waals surface area (Å²) in [5, 5.41) is 10.2. The maximum Gasteiger partial charge on any atom is 0.161 e. The fraction of sp³-hybridized carbons (Fsp3) is 0.318. The van der Waals surface area contributed by atoms with Crippen molar-refractivity contribution in [3.8, 4) is 0 Å². The molecule has 0 fully saturated rings. The third kappa shape index (κ3) is 6.14. The molecule has 2 atom stereocenters. The number of hydrogen-bond acceptors (Lipinski definition) is 4. The Morgan fingerprint density at radius 3 is 2.38 bits per heavy atom. The van der Waals surface area contributed by atoms with Crippen molar-refractivity contribution in [1.82, 2.24) is 0 Å². The number of rotatable bonds is 9. The molecule has 0 heterocycles. The fourth-order valence-electron chi connectivity index (χ4n) is 2.42. The summed E-state index contributed by atoms with van der Waals surface area (Å²) in [5.74, 6) is -0.624. The van der Waals surface area contributed by atoms with Crippen molar-refractivity contribution in [2.45, 2.75) is 19.6 Å². The second-order valence-electron chi connectivity index (χ2n) is 6.58. The van der Waals surface area contributed by atoms with E-state index in [1.807, 2.05) is 73.6 Å². The lowest BCUT2D eigenvalue weighted by Crippen LogP contribution is -2.28. The second-order valence-corrected chi connectivity index (χ2v) is 6.58. The number of anilines is 1. The maximum absolute atomic E-state index is 12.3. The van der Waals surface area contributed by atoms with Gasteiger partial charge in [-0.3, -0.25) is 4.79 Å². The number of allylic oxidation sites excluding steroid dienone is 1. The smallest absolute Gasteiger partial charge is 0.161 e. The molecule has 2 aromatic carbocycles. The van der Waals surface area contributed by atoms with E-state index in [0.29, 0.717) is 6.61 Å². The number of benzene rings is 2. The molecule has 1 N–H and O–H groups in total. The molecule has 0 amide bonds. The molecule has 0 saturated carbocycles. The van der Waals surface area contributed by atoms with E-state index in [9.17, 15) is 9.90 Å². The Hall–Kier alpha value is -2.43. The molecule has 4 heteroatoms. The molecule has 0 aliphatic carbocycles. The van der Waals surface area contributed by atoms with Gasteiger partial charge in [0.2, 0.25) is 0 Å². The quantitative estimate of drug-likeness (QED) is 0.701. The first kappa shape index (κ1) is 19.9. The van der Waals surface area contributed by atoms with Crippen LogP contribution < -0.4 is 4.90 Å². The summed E-state index contributed by atoms with van der Waals surface area (Å²) in [5.41, 5.74) is 3.10. The van der Waals surface area contributed by atoms with Crippen molar-refractivity contribution in [2.75, 3.05) is 25.6 Å². The lowest BCUT2D eigenvalue weighted by atomic mass is 9.99. The first-order chi connectivity index (χ1) is 12.5. The number of ether oxygens (including phenoxy) is 1. The highest BCUT2D eigenvalue weighted by Crippen LogP contribution is 2.14. The van der Waals surface area contributed by atoms with E-state index in [1.54, 1.807) is 13.0 Å². The summed E-state index contributed by atoms with van der Waals surface area (Å²) in [4.78, 5) is 14.3. The maximum atomic E-state index is 12.3. The van der Waals surface area contributed by atoms with Crippen LogP contribution in [0.2, 0.25) is 0 Å². The van der Waals surface area contributed by atoms with Crippen molar-refractivity contribution >= 4 is 17.5 Å². The highest BCUT2D eigenvalue weighted by molar-refractivity contribution is 5.95. The Morgan fingerprint density at radius 1 is 1.12 bits per heavy atom. The summed E-state index contributed by atoms with van der Waals surface area (Å²) in [6.07, 6.45) is 2.47. The van der Waals surface area contributed by atoms with Crippen LogP contribution in [0.25, 0.3) is 6.08 Å². The Kier molecular flexibility index (Phi) is 7.57. The van der Waals surface area contributed by atoms with Gasteiger partial charge in [0.25, 0.3) is 0 Å². The van der Waals surface area contributed by atoms with Gasteiger partial charge < -0.3 is 14.7 Å². The molecule has 26 heavy (non-hydrogen) atoms. The van der Waals surface area contributed by atoms with Crippen LogP contribution in [0.3, 0.4) is 0 Å². The van der Waals surface area contributed by atoms with E-state index in [-0.39, 0.29) is 12.4 Å². The van der Waals surface area contributed by atoms with Crippen LogP contribution in [0.15, 0.2) is 60.7 Å². The van der Waals surface area contributed by atoms with Crippen molar-refractivity contribution in [2.24, 2.45) is 5.92 Å². The molecule has 0 aliphatic heterocycles. The number of aliphatic hydroxyl groups is 1. The molecule has 138 valence electrons. The average Bonchev–Trinajstić information content (AvgIpc) is 2.66. The van der Waals surface area contributed by atoms with Gasteiger partial charge in [0.05, 0.1) is 19.3 Å². The minimum Gasteiger partial charge on any atom is -0.390 e. The number of hydrogen-bond donors (Lipinski definition) is 1. The minimum atomic E-state index is -0.827. The van der Waals surface area contributed by atoms with Crippen molar-refractivity contribution in [3.05, 3.63) is 71.8 Å². The standard InChI is InChI=1S/C22H27NO3/c1-17(22(25)16-26-15-19-7-5-4-6-8-19)21(24)14-11-18-9-12-20(13-10-18)23(2)3/h4-14,17,22,25H,15-16H2,1-3H3/b14-11+/t17-,22-/m0/s1. The van der Waals surface area contributed by atoms with Gasteiger partial charge in [0.1, 0.15) is 0 Å². The summed E-state index contributed by atoms with van der Waals surface area (Å²) in [6, 6.07) is 17.7. The zero-order chi connectivity index (χ0) is 18.9. The topological polar surface area (TPSA) is 49.8 Å². The lowest BCUT2D eigenvalue weighted by Gasteiger charge is -2.16. The predicted octanol–water partition coefficient (Wildman–Crippen LogP) is 3.55. The summed E-state index contributed by atoms with van der Waals surface area (Å²) < 4.78 is 5.52. The van der Waals surface area contributed by atoms with Crippen molar-refractivity contribution < 1.29 is 14.6 Å². The third-order valence-corrected chi connectivity index (χ3v) is 4.28. The molecule has 2 rings (SSSR count). The van der Waals surface area contributed by atoms with Gasteiger partial charge >= 0.3 is 0 Å². The van der Waals surface area contributed by atoms with Crippen LogP contribution in [0.4, 0.5) is 5.69 Å². The van der Waals surface area contributed by atoms with Crippen LogP contribution in [0.1, 0.15) is 18.1 Å². The van der Waals surface area contributed by atoms with Crippen LogP contribution in [-0.2, 0) is 16.1 Å². The molecule has 0 bridgehead atoms. The highest BCUT2D eigenvalue weighted by Gasteiger charge is 2.20. The molecule has 0 aliphatic rings. The van der Waals surface area contributed by atoms with Gasteiger partial charge in [0, 0.05) is 25.7 Å². The van der Waals surface area contributed by atoms with Crippen LogP contribution >= 0.6 is 0 Å². The van der Waals surface area contributed by atoms with Crippen LogP contribution in [0.5, 0.6) is 0 Å². The summed E-state index contributed by atoms with van der Waals surface area (Å²) in [7, 11) is 3.97. The molecule has 0 aromatic heterocycles. The third-order valence-electron chi connectivity index (χ3n) is 4.28. The Labute approximate surface area is 155 Å². The monoisotopic (exact) mass is 353 g/mol. The Balaban J connectivity index is 1.81. The summed E-state index contributed by atoms with van der Waals surface area (Å²) >= 11 is 0. The van der Waals surface area contributed by atoms with Gasteiger partial charge in [-0.1, -0.05) is 55.5 Å². The molecular weight excluding hydrogens is 326 g/mol. The van der Waals surface area contributed by atoms with E-state index < -0.39 is 12.0 Å². The zero-order valence-electron chi connectivity index (χ0n) is 15.6. The van der Waals surface area contributed by atoms with Gasteiger partial charge in [-0.2, -0.15) is 0 Å². The number of nitrogens with zero attached hydrogens (tertiary/aromatic N) is 1. The normalized spacial score (nSPS) is 13.5. The molecular formula is C22H27NO3. The van der Waals surface area contributed by atoms with Crippen LogP contribution in [0, 0.1) is 5.92 Å². The number of carbonyl (C=O) groups is 1.